The molecule has 4 rings (SSSR count). The highest BCUT2D eigenvalue weighted by Gasteiger charge is 2.33. The van der Waals surface area contributed by atoms with E-state index in [1.54, 1.807) is 4.68 Å². The summed E-state index contributed by atoms with van der Waals surface area (Å²) in [6.07, 6.45) is 2.33. The van der Waals surface area contributed by atoms with Gasteiger partial charge in [0, 0.05) is 0 Å². The second-order valence-corrected chi connectivity index (χ2v) is 8.23. The fourth-order valence-electron chi connectivity index (χ4n) is 3.14. The molecule has 1 unspecified atom stereocenters. The standard InChI is InChI=1S/C21H23N5OS/c1-14-3-7-16(8-4-14)20(17-9-10-17)22-19(27)13-28-21-23-24-25-26(21)18-11-5-15(2)6-12-18/h3-8,11-12,17,20H,9-10,13H2,1-2H3,(H,22,27). The molecule has 0 aliphatic heterocycles. The van der Waals surface area contributed by atoms with Gasteiger partial charge in [0.05, 0.1) is 17.5 Å². The molecule has 1 fully saturated rings. The number of rotatable bonds is 7. The van der Waals surface area contributed by atoms with Gasteiger partial charge in [-0.25, -0.2) is 0 Å². The van der Waals surface area contributed by atoms with Crippen LogP contribution in [-0.4, -0.2) is 31.9 Å². The molecule has 3 aromatic rings. The van der Waals surface area contributed by atoms with Gasteiger partial charge in [0.25, 0.3) is 0 Å². The molecule has 1 saturated carbocycles. The van der Waals surface area contributed by atoms with Crippen LogP contribution in [0.5, 0.6) is 0 Å². The van der Waals surface area contributed by atoms with Gasteiger partial charge in [-0.15, -0.1) is 5.10 Å². The van der Waals surface area contributed by atoms with Crippen molar-refractivity contribution in [1.29, 1.82) is 0 Å². The summed E-state index contributed by atoms with van der Waals surface area (Å²) in [5, 5.41) is 15.7. The lowest BCUT2D eigenvalue weighted by Crippen LogP contribution is -2.31. The lowest BCUT2D eigenvalue weighted by atomic mass is 10.0. The number of tetrazole rings is 1. The Labute approximate surface area is 168 Å². The molecule has 1 heterocycles. The predicted octanol–water partition coefficient (Wildman–Crippen LogP) is 3.64. The van der Waals surface area contributed by atoms with Gasteiger partial charge >= 0.3 is 0 Å². The van der Waals surface area contributed by atoms with Crippen molar-refractivity contribution in [2.45, 2.75) is 37.9 Å². The van der Waals surface area contributed by atoms with Crippen LogP contribution in [0.25, 0.3) is 5.69 Å². The van der Waals surface area contributed by atoms with Gasteiger partial charge in [-0.1, -0.05) is 59.3 Å². The lowest BCUT2D eigenvalue weighted by molar-refractivity contribution is -0.119. The number of amides is 1. The third-order valence-electron chi connectivity index (χ3n) is 4.90. The number of carbonyl (C=O) groups excluding carboxylic acids is 1. The first kappa shape index (κ1) is 18.7. The Bertz CT molecular complexity index is 948. The third kappa shape index (κ3) is 4.42. The number of hydrogen-bond acceptors (Lipinski definition) is 5. The first-order chi connectivity index (χ1) is 13.6. The Morgan fingerprint density at radius 2 is 1.75 bits per heavy atom. The van der Waals surface area contributed by atoms with Crippen molar-refractivity contribution in [3.05, 3.63) is 65.2 Å². The monoisotopic (exact) mass is 393 g/mol. The van der Waals surface area contributed by atoms with Gasteiger partial charge < -0.3 is 5.32 Å². The Morgan fingerprint density at radius 1 is 1.11 bits per heavy atom. The second kappa shape index (κ2) is 8.14. The van der Waals surface area contributed by atoms with E-state index in [0.29, 0.717) is 11.1 Å². The Hall–Kier alpha value is -2.67. The molecule has 0 bridgehead atoms. The van der Waals surface area contributed by atoms with E-state index in [9.17, 15) is 4.79 Å². The van der Waals surface area contributed by atoms with Crippen LogP contribution in [-0.2, 0) is 4.79 Å². The SMILES string of the molecule is Cc1ccc(C(NC(=O)CSc2nnnn2-c2ccc(C)cc2)C2CC2)cc1. The smallest absolute Gasteiger partial charge is 0.230 e. The maximum absolute atomic E-state index is 12.6. The van der Waals surface area contributed by atoms with Crippen molar-refractivity contribution >= 4 is 17.7 Å². The molecule has 0 saturated heterocycles. The van der Waals surface area contributed by atoms with Gasteiger partial charge in [0.1, 0.15) is 0 Å². The Kier molecular flexibility index (Phi) is 5.43. The van der Waals surface area contributed by atoms with Crippen LogP contribution in [0.3, 0.4) is 0 Å². The first-order valence-corrected chi connectivity index (χ1v) is 10.4. The molecule has 1 aliphatic rings. The zero-order valence-electron chi connectivity index (χ0n) is 16.0. The van der Waals surface area contributed by atoms with Gasteiger partial charge in [-0.05, 0) is 60.7 Å². The van der Waals surface area contributed by atoms with Crippen molar-refractivity contribution in [1.82, 2.24) is 25.5 Å². The number of aromatic nitrogens is 4. The summed E-state index contributed by atoms with van der Waals surface area (Å²) in [5.41, 5.74) is 4.46. The molecule has 28 heavy (non-hydrogen) atoms. The molecule has 0 radical (unpaired) electrons. The van der Waals surface area contributed by atoms with Crippen LogP contribution in [0.4, 0.5) is 0 Å². The normalized spacial score (nSPS) is 14.6. The van der Waals surface area contributed by atoms with E-state index < -0.39 is 0 Å². The fourth-order valence-corrected chi connectivity index (χ4v) is 3.84. The van der Waals surface area contributed by atoms with E-state index >= 15 is 0 Å². The van der Waals surface area contributed by atoms with Crippen LogP contribution >= 0.6 is 11.8 Å². The number of aryl methyl sites for hydroxylation is 2. The minimum atomic E-state index is 0.000862. The number of nitrogens with one attached hydrogen (secondary N) is 1. The molecule has 6 nitrogen and oxygen atoms in total. The zero-order valence-corrected chi connectivity index (χ0v) is 16.8. The average Bonchev–Trinajstić information content (AvgIpc) is 3.43. The average molecular weight is 394 g/mol. The first-order valence-electron chi connectivity index (χ1n) is 9.44. The number of nitrogens with zero attached hydrogens (tertiary/aromatic N) is 4. The molecule has 2 aromatic carbocycles. The number of hydrogen-bond donors (Lipinski definition) is 1. The maximum atomic E-state index is 12.6. The molecule has 1 aromatic heterocycles. The molecule has 7 heteroatoms. The topological polar surface area (TPSA) is 72.7 Å². The van der Waals surface area contributed by atoms with E-state index in [2.05, 4.69) is 52.0 Å². The Balaban J connectivity index is 1.40. The van der Waals surface area contributed by atoms with Gasteiger partial charge in [0.2, 0.25) is 11.1 Å². The van der Waals surface area contributed by atoms with Crippen molar-refractivity contribution in [3.63, 3.8) is 0 Å². The summed E-state index contributed by atoms with van der Waals surface area (Å²) in [5.74, 6) is 0.817. The van der Waals surface area contributed by atoms with E-state index in [1.807, 2.05) is 31.2 Å². The summed E-state index contributed by atoms with van der Waals surface area (Å²) >= 11 is 1.35. The molecule has 1 atom stereocenters. The third-order valence-corrected chi connectivity index (χ3v) is 5.82. The van der Waals surface area contributed by atoms with Crippen LogP contribution < -0.4 is 5.32 Å². The minimum Gasteiger partial charge on any atom is -0.348 e. The summed E-state index contributed by atoms with van der Waals surface area (Å²) in [6, 6.07) is 16.5. The minimum absolute atomic E-state index is 0.000862. The van der Waals surface area contributed by atoms with Crippen LogP contribution in [0.1, 0.15) is 35.6 Å². The van der Waals surface area contributed by atoms with E-state index in [-0.39, 0.29) is 17.7 Å². The number of benzene rings is 2. The van der Waals surface area contributed by atoms with Crippen molar-refractivity contribution in [2.24, 2.45) is 5.92 Å². The fraction of sp³-hybridized carbons (Fsp3) is 0.333. The van der Waals surface area contributed by atoms with Crippen LogP contribution in [0.15, 0.2) is 53.7 Å². The number of carbonyl (C=O) groups is 1. The molecule has 1 amide bonds. The molecule has 0 spiro atoms. The van der Waals surface area contributed by atoms with Gasteiger partial charge in [0.15, 0.2) is 0 Å². The van der Waals surface area contributed by atoms with Gasteiger partial charge in [-0.2, -0.15) is 4.68 Å². The lowest BCUT2D eigenvalue weighted by Gasteiger charge is -2.19. The largest absolute Gasteiger partial charge is 0.348 e. The van der Waals surface area contributed by atoms with Crippen molar-refractivity contribution < 1.29 is 4.79 Å². The molecular weight excluding hydrogens is 370 g/mol. The highest BCUT2D eigenvalue weighted by molar-refractivity contribution is 7.99. The van der Waals surface area contributed by atoms with Crippen LogP contribution in [0.2, 0.25) is 0 Å². The van der Waals surface area contributed by atoms with E-state index in [0.717, 1.165) is 18.5 Å². The highest BCUT2D eigenvalue weighted by Crippen LogP contribution is 2.41. The zero-order chi connectivity index (χ0) is 19.5. The second-order valence-electron chi connectivity index (χ2n) is 7.29. The van der Waals surface area contributed by atoms with Crippen molar-refractivity contribution in [2.75, 3.05) is 5.75 Å². The summed E-state index contributed by atoms with van der Waals surface area (Å²) in [6.45, 7) is 4.11. The number of thioether (sulfide) groups is 1. The summed E-state index contributed by atoms with van der Waals surface area (Å²) < 4.78 is 1.66. The van der Waals surface area contributed by atoms with Crippen molar-refractivity contribution in [3.8, 4) is 5.69 Å². The molecule has 1 N–H and O–H groups in total. The molecule has 144 valence electrons. The maximum Gasteiger partial charge on any atom is 0.230 e. The summed E-state index contributed by atoms with van der Waals surface area (Å²) in [7, 11) is 0. The molecular formula is C21H23N5OS. The summed E-state index contributed by atoms with van der Waals surface area (Å²) in [4.78, 5) is 12.6. The van der Waals surface area contributed by atoms with E-state index in [4.69, 9.17) is 0 Å². The quantitative estimate of drug-likeness (QED) is 0.621. The van der Waals surface area contributed by atoms with E-state index in [1.165, 1.54) is 28.5 Å². The molecule has 1 aliphatic carbocycles. The Morgan fingerprint density at radius 3 is 2.39 bits per heavy atom. The van der Waals surface area contributed by atoms with Crippen LogP contribution in [0, 0.1) is 19.8 Å². The predicted molar refractivity (Wildman–Crippen MR) is 109 cm³/mol. The van der Waals surface area contributed by atoms with Gasteiger partial charge in [-0.3, -0.25) is 4.79 Å². The highest BCUT2D eigenvalue weighted by atomic mass is 32.2.